The Labute approximate surface area is 204 Å². The van der Waals surface area contributed by atoms with Crippen LogP contribution in [-0.4, -0.2) is 48.4 Å². The maximum Gasteiger partial charge on any atom is 0.356 e. The minimum absolute atomic E-state index is 0.142. The molecule has 192 valence electrons. The Morgan fingerprint density at radius 2 is 1.62 bits per heavy atom. The first-order valence-corrected chi connectivity index (χ1v) is 12.9. The molecule has 34 heavy (non-hydrogen) atoms. The van der Waals surface area contributed by atoms with Gasteiger partial charge in [0.15, 0.2) is 11.9 Å². The predicted octanol–water partition coefficient (Wildman–Crippen LogP) is 5.36. The van der Waals surface area contributed by atoms with Crippen molar-refractivity contribution in [2.24, 2.45) is 0 Å². The zero-order valence-corrected chi connectivity index (χ0v) is 21.1. The van der Waals surface area contributed by atoms with Gasteiger partial charge in [0.2, 0.25) is 5.78 Å². The fraction of sp³-hybridized carbons (Fsp3) is 0.741. The summed E-state index contributed by atoms with van der Waals surface area (Å²) in [6.45, 7) is 5.80. The van der Waals surface area contributed by atoms with Crippen molar-refractivity contribution >= 4 is 17.7 Å². The molecular formula is C27H42O7. The third-order valence-corrected chi connectivity index (χ3v) is 5.94. The minimum atomic E-state index is -1.50. The van der Waals surface area contributed by atoms with Gasteiger partial charge in [-0.05, 0) is 52.4 Å². The maximum absolute atomic E-state index is 12.5. The molecule has 0 radical (unpaired) electrons. The number of Topliss-reactive ketones (excluding diaryl/α,β-unsaturated/α-hetero) is 1. The van der Waals surface area contributed by atoms with Crippen LogP contribution in [0.4, 0.5) is 0 Å². The highest BCUT2D eigenvalue weighted by Gasteiger charge is 2.53. The fourth-order valence-electron chi connectivity index (χ4n) is 4.01. The van der Waals surface area contributed by atoms with Crippen LogP contribution in [0.15, 0.2) is 24.3 Å². The summed E-state index contributed by atoms with van der Waals surface area (Å²) in [5.41, 5.74) is 0. The first-order chi connectivity index (χ1) is 16.3. The van der Waals surface area contributed by atoms with E-state index < -0.39 is 41.8 Å². The van der Waals surface area contributed by atoms with Crippen LogP contribution in [0.25, 0.3) is 0 Å². The third-order valence-electron chi connectivity index (χ3n) is 5.94. The number of esters is 2. The summed E-state index contributed by atoms with van der Waals surface area (Å²) in [6, 6.07) is 0. The van der Waals surface area contributed by atoms with E-state index in [-0.39, 0.29) is 13.0 Å². The van der Waals surface area contributed by atoms with E-state index in [9.17, 15) is 14.4 Å². The maximum atomic E-state index is 12.5. The van der Waals surface area contributed by atoms with Gasteiger partial charge < -0.3 is 18.9 Å². The standard InChI is InChI=1S/C27H42O7/c1-4-5-6-7-8-9-10-11-12-13-14-15-16-17-18-19-22(28)32-25-23(29)24(33-26(25)30)21-20-31-27(2,3)34-21/h8-9,11-12,21,24-25H,4-7,10,13-20H2,1-3H3. The molecule has 2 aliphatic rings. The van der Waals surface area contributed by atoms with Crippen LogP contribution >= 0.6 is 0 Å². The summed E-state index contributed by atoms with van der Waals surface area (Å²) >= 11 is 0. The first-order valence-electron chi connectivity index (χ1n) is 12.9. The molecular weight excluding hydrogens is 436 g/mol. The summed E-state index contributed by atoms with van der Waals surface area (Å²) in [4.78, 5) is 36.6. The van der Waals surface area contributed by atoms with Gasteiger partial charge in [0.05, 0.1) is 6.61 Å². The lowest BCUT2D eigenvalue weighted by atomic mass is 10.1. The minimum Gasteiger partial charge on any atom is -0.448 e. The molecule has 0 aromatic carbocycles. The molecule has 3 unspecified atom stereocenters. The summed E-state index contributed by atoms with van der Waals surface area (Å²) < 4.78 is 21.3. The summed E-state index contributed by atoms with van der Waals surface area (Å²) in [5.74, 6) is -2.81. The van der Waals surface area contributed by atoms with Crippen molar-refractivity contribution in [2.75, 3.05) is 6.61 Å². The monoisotopic (exact) mass is 478 g/mol. The number of carbonyl (C=O) groups is 3. The van der Waals surface area contributed by atoms with Gasteiger partial charge in [0.25, 0.3) is 6.10 Å². The van der Waals surface area contributed by atoms with Crippen LogP contribution in [0.2, 0.25) is 0 Å². The molecule has 7 nitrogen and oxygen atoms in total. The molecule has 0 aromatic heterocycles. The molecule has 2 rings (SSSR count). The van der Waals surface area contributed by atoms with Gasteiger partial charge >= 0.3 is 11.9 Å². The Kier molecular flexibility index (Phi) is 12.5. The lowest BCUT2D eigenvalue weighted by Gasteiger charge is -2.19. The second-order valence-electron chi connectivity index (χ2n) is 9.48. The number of unbranched alkanes of at least 4 members (excludes halogenated alkanes) is 8. The summed E-state index contributed by atoms with van der Waals surface area (Å²) in [6.07, 6.45) is 17.9. The third kappa shape index (κ3) is 10.1. The zero-order valence-electron chi connectivity index (χ0n) is 21.1. The second-order valence-corrected chi connectivity index (χ2v) is 9.48. The number of hydrogen-bond acceptors (Lipinski definition) is 7. The molecule has 0 saturated carbocycles. The SMILES string of the molecule is CCCCCC=CCC=CCCCCCCCC(=O)OC1C(=O)OC(C2COC(C)(C)O2)C1=O. The molecule has 2 aliphatic heterocycles. The van der Waals surface area contributed by atoms with Crippen LogP contribution in [0.5, 0.6) is 0 Å². The number of rotatable bonds is 16. The average Bonchev–Trinajstić information content (AvgIpc) is 3.29. The van der Waals surface area contributed by atoms with Crippen molar-refractivity contribution in [3.8, 4) is 0 Å². The molecule has 0 aliphatic carbocycles. The van der Waals surface area contributed by atoms with Crippen LogP contribution in [0, 0.1) is 0 Å². The highest BCUT2D eigenvalue weighted by Crippen LogP contribution is 2.29. The lowest BCUT2D eigenvalue weighted by molar-refractivity contribution is -0.166. The average molecular weight is 479 g/mol. The molecule has 2 saturated heterocycles. The molecule has 2 fully saturated rings. The fourth-order valence-corrected chi connectivity index (χ4v) is 4.01. The van der Waals surface area contributed by atoms with Gasteiger partial charge in [-0.15, -0.1) is 0 Å². The number of allylic oxidation sites excluding steroid dienone is 4. The van der Waals surface area contributed by atoms with Crippen molar-refractivity contribution in [3.63, 3.8) is 0 Å². The molecule has 2 heterocycles. The van der Waals surface area contributed by atoms with Gasteiger partial charge in [0.1, 0.15) is 6.10 Å². The zero-order chi connectivity index (χ0) is 24.8. The van der Waals surface area contributed by atoms with E-state index in [4.69, 9.17) is 18.9 Å². The van der Waals surface area contributed by atoms with Crippen molar-refractivity contribution in [1.29, 1.82) is 0 Å². The van der Waals surface area contributed by atoms with Crippen molar-refractivity contribution in [3.05, 3.63) is 24.3 Å². The van der Waals surface area contributed by atoms with Crippen LogP contribution in [-0.2, 0) is 33.3 Å². The quantitative estimate of drug-likeness (QED) is 0.128. The number of carbonyl (C=O) groups excluding carboxylic acids is 3. The van der Waals surface area contributed by atoms with Gasteiger partial charge in [-0.25, -0.2) is 4.79 Å². The Balaban J connectivity index is 1.50. The van der Waals surface area contributed by atoms with Crippen molar-refractivity contribution in [2.45, 2.75) is 122 Å². The molecule has 0 aromatic rings. The second kappa shape index (κ2) is 15.1. The van der Waals surface area contributed by atoms with E-state index in [1.54, 1.807) is 13.8 Å². The molecule has 7 heteroatoms. The van der Waals surface area contributed by atoms with Crippen LogP contribution < -0.4 is 0 Å². The Morgan fingerprint density at radius 3 is 2.26 bits per heavy atom. The van der Waals surface area contributed by atoms with E-state index in [2.05, 4.69) is 31.2 Å². The Morgan fingerprint density at radius 1 is 0.971 bits per heavy atom. The number of cyclic esters (lactones) is 1. The van der Waals surface area contributed by atoms with Crippen molar-refractivity contribution < 1.29 is 33.3 Å². The first kappa shape index (κ1) is 28.2. The largest absolute Gasteiger partial charge is 0.448 e. The van der Waals surface area contributed by atoms with Gasteiger partial charge in [-0.2, -0.15) is 0 Å². The number of hydrogen-bond donors (Lipinski definition) is 0. The normalized spacial score (nSPS) is 24.4. The van der Waals surface area contributed by atoms with Gasteiger partial charge in [0, 0.05) is 6.42 Å². The van der Waals surface area contributed by atoms with E-state index in [0.717, 1.165) is 38.5 Å². The Bertz CT molecular complexity index is 710. The van der Waals surface area contributed by atoms with Crippen molar-refractivity contribution in [1.82, 2.24) is 0 Å². The highest BCUT2D eigenvalue weighted by molar-refractivity contribution is 6.10. The van der Waals surface area contributed by atoms with E-state index in [1.807, 2.05) is 0 Å². The van der Waals surface area contributed by atoms with E-state index >= 15 is 0 Å². The topological polar surface area (TPSA) is 88.1 Å². The summed E-state index contributed by atoms with van der Waals surface area (Å²) in [5, 5.41) is 0. The molecule has 3 atom stereocenters. The predicted molar refractivity (Wildman–Crippen MR) is 129 cm³/mol. The molecule has 0 N–H and O–H groups in total. The number of ether oxygens (including phenoxy) is 4. The van der Waals surface area contributed by atoms with Gasteiger partial charge in [-0.1, -0.05) is 63.3 Å². The smallest absolute Gasteiger partial charge is 0.356 e. The van der Waals surface area contributed by atoms with E-state index in [1.165, 1.54) is 25.7 Å². The number of ketones is 1. The molecule has 0 bridgehead atoms. The molecule has 0 spiro atoms. The molecule has 0 amide bonds. The lowest BCUT2D eigenvalue weighted by Crippen LogP contribution is -2.38. The highest BCUT2D eigenvalue weighted by atomic mass is 16.8. The van der Waals surface area contributed by atoms with Crippen LogP contribution in [0.3, 0.4) is 0 Å². The van der Waals surface area contributed by atoms with Gasteiger partial charge in [-0.3, -0.25) is 9.59 Å². The summed E-state index contributed by atoms with van der Waals surface area (Å²) in [7, 11) is 0. The Hall–Kier alpha value is -1.99. The van der Waals surface area contributed by atoms with E-state index in [0.29, 0.717) is 6.42 Å². The van der Waals surface area contributed by atoms with Crippen LogP contribution in [0.1, 0.15) is 97.8 Å².